The smallest absolute Gasteiger partial charge is 0.0690 e. The number of fused-ring (bicyclic) bond motifs is 1. The molecule has 0 radical (unpaired) electrons. The van der Waals surface area contributed by atoms with Crippen molar-refractivity contribution in [3.63, 3.8) is 0 Å². The Morgan fingerprint density at radius 1 is 1.50 bits per heavy atom. The van der Waals surface area contributed by atoms with Crippen LogP contribution in [0, 0.1) is 0 Å². The third-order valence-electron chi connectivity index (χ3n) is 1.89. The molecule has 1 heteroatoms. The van der Waals surface area contributed by atoms with Crippen LogP contribution in [0.4, 0.5) is 0 Å². The van der Waals surface area contributed by atoms with Crippen molar-refractivity contribution in [3.05, 3.63) is 35.7 Å². The molecule has 0 amide bonds. The first-order valence-corrected chi connectivity index (χ1v) is 3.49. The fraction of sp³-hybridized carbons (Fsp3) is 0.222. The molecule has 0 aliphatic heterocycles. The number of aromatic nitrogens is 1. The fourth-order valence-electron chi connectivity index (χ4n) is 1.32. The van der Waals surface area contributed by atoms with Crippen molar-refractivity contribution in [2.24, 2.45) is 0 Å². The van der Waals surface area contributed by atoms with E-state index >= 15 is 0 Å². The van der Waals surface area contributed by atoms with Gasteiger partial charge in [-0.2, -0.15) is 0 Å². The van der Waals surface area contributed by atoms with E-state index in [9.17, 15) is 0 Å². The molecule has 1 aromatic heterocycles. The minimum atomic E-state index is 1.06. The summed E-state index contributed by atoms with van der Waals surface area (Å²) in [5.74, 6) is 0. The summed E-state index contributed by atoms with van der Waals surface area (Å²) in [5, 5.41) is 0. The van der Waals surface area contributed by atoms with Crippen LogP contribution in [0.15, 0.2) is 24.4 Å². The topological polar surface area (TPSA) is 12.9 Å². The van der Waals surface area contributed by atoms with E-state index in [1.54, 1.807) is 0 Å². The predicted molar refractivity (Wildman–Crippen MR) is 41.6 cm³/mol. The van der Waals surface area contributed by atoms with Crippen molar-refractivity contribution in [2.45, 2.75) is 13.3 Å². The van der Waals surface area contributed by atoms with Gasteiger partial charge in [0, 0.05) is 6.20 Å². The van der Waals surface area contributed by atoms with Gasteiger partial charge in [0.15, 0.2) is 0 Å². The summed E-state index contributed by atoms with van der Waals surface area (Å²) in [7, 11) is 0. The number of nitrogens with zero attached hydrogens (tertiary/aromatic N) is 1. The average Bonchev–Trinajstić information content (AvgIpc) is 2.34. The largest absolute Gasteiger partial charge is 0.256 e. The Morgan fingerprint density at radius 3 is 3.20 bits per heavy atom. The zero-order valence-electron chi connectivity index (χ0n) is 5.96. The van der Waals surface area contributed by atoms with Gasteiger partial charge < -0.3 is 0 Å². The minimum Gasteiger partial charge on any atom is -0.256 e. The van der Waals surface area contributed by atoms with Gasteiger partial charge in [-0.05, 0) is 30.5 Å². The van der Waals surface area contributed by atoms with Gasteiger partial charge in [0.05, 0.1) is 5.69 Å². The SMILES string of the molecule is CC1=CCc2cccnc21. The summed E-state index contributed by atoms with van der Waals surface area (Å²) >= 11 is 0. The second-order valence-corrected chi connectivity index (χ2v) is 2.60. The Labute approximate surface area is 60.4 Å². The second kappa shape index (κ2) is 1.94. The van der Waals surface area contributed by atoms with E-state index < -0.39 is 0 Å². The van der Waals surface area contributed by atoms with Gasteiger partial charge in [-0.25, -0.2) is 0 Å². The Morgan fingerprint density at radius 2 is 2.40 bits per heavy atom. The highest BCUT2D eigenvalue weighted by Gasteiger charge is 2.09. The molecule has 50 valence electrons. The molecule has 0 unspecified atom stereocenters. The summed E-state index contributed by atoms with van der Waals surface area (Å²) in [6.45, 7) is 2.11. The van der Waals surface area contributed by atoms with E-state index in [2.05, 4.69) is 24.1 Å². The molecule has 1 aliphatic rings. The van der Waals surface area contributed by atoms with Crippen LogP contribution < -0.4 is 0 Å². The maximum atomic E-state index is 4.27. The quantitative estimate of drug-likeness (QED) is 0.525. The van der Waals surface area contributed by atoms with E-state index in [1.165, 1.54) is 16.8 Å². The molecule has 2 rings (SSSR count). The summed E-state index contributed by atoms with van der Waals surface area (Å²) in [6.07, 6.45) is 5.13. The molecule has 0 N–H and O–H groups in total. The van der Waals surface area contributed by atoms with Crippen molar-refractivity contribution in [3.8, 4) is 0 Å². The van der Waals surface area contributed by atoms with Crippen LogP contribution in [0.3, 0.4) is 0 Å². The molecule has 1 nitrogen and oxygen atoms in total. The highest BCUT2D eigenvalue weighted by atomic mass is 14.7. The molecule has 10 heavy (non-hydrogen) atoms. The van der Waals surface area contributed by atoms with Gasteiger partial charge in [-0.3, -0.25) is 4.98 Å². The molecule has 1 heterocycles. The zero-order valence-corrected chi connectivity index (χ0v) is 5.96. The third-order valence-corrected chi connectivity index (χ3v) is 1.89. The van der Waals surface area contributed by atoms with Crippen LogP contribution in [0.5, 0.6) is 0 Å². The summed E-state index contributed by atoms with van der Waals surface area (Å²) in [6, 6.07) is 4.13. The number of rotatable bonds is 0. The van der Waals surface area contributed by atoms with Crippen LogP contribution >= 0.6 is 0 Å². The lowest BCUT2D eigenvalue weighted by atomic mass is 10.2. The van der Waals surface area contributed by atoms with Gasteiger partial charge >= 0.3 is 0 Å². The van der Waals surface area contributed by atoms with Crippen LogP contribution in [0.2, 0.25) is 0 Å². The number of hydrogen-bond acceptors (Lipinski definition) is 1. The van der Waals surface area contributed by atoms with Crippen molar-refractivity contribution in [1.29, 1.82) is 0 Å². The van der Waals surface area contributed by atoms with Crippen molar-refractivity contribution < 1.29 is 0 Å². The van der Waals surface area contributed by atoms with E-state index in [-0.39, 0.29) is 0 Å². The lowest BCUT2D eigenvalue weighted by molar-refractivity contribution is 1.20. The first kappa shape index (κ1) is 5.66. The summed E-state index contributed by atoms with van der Waals surface area (Å²) < 4.78 is 0. The van der Waals surface area contributed by atoms with Crippen molar-refractivity contribution in [2.75, 3.05) is 0 Å². The first-order chi connectivity index (χ1) is 4.88. The molecule has 0 saturated carbocycles. The maximum absolute atomic E-state index is 4.27. The maximum Gasteiger partial charge on any atom is 0.0690 e. The monoisotopic (exact) mass is 131 g/mol. The van der Waals surface area contributed by atoms with E-state index in [4.69, 9.17) is 0 Å². The zero-order chi connectivity index (χ0) is 6.97. The normalized spacial score (nSPS) is 14.7. The molecule has 0 atom stereocenters. The Kier molecular flexibility index (Phi) is 1.10. The fourth-order valence-corrected chi connectivity index (χ4v) is 1.32. The number of hydrogen-bond donors (Lipinski definition) is 0. The third kappa shape index (κ3) is 0.670. The van der Waals surface area contributed by atoms with E-state index in [0.29, 0.717) is 0 Å². The Hall–Kier alpha value is -1.11. The molecule has 0 bridgehead atoms. The van der Waals surface area contributed by atoms with Gasteiger partial charge in [0.2, 0.25) is 0 Å². The molecular weight excluding hydrogens is 122 g/mol. The van der Waals surface area contributed by atoms with Crippen LogP contribution in [0.1, 0.15) is 18.2 Å². The minimum absolute atomic E-state index is 1.06. The molecule has 0 saturated heterocycles. The highest BCUT2D eigenvalue weighted by Crippen LogP contribution is 2.23. The number of pyridine rings is 1. The average molecular weight is 131 g/mol. The number of allylic oxidation sites excluding steroid dienone is 2. The first-order valence-electron chi connectivity index (χ1n) is 3.49. The lowest BCUT2D eigenvalue weighted by Crippen LogP contribution is -1.85. The molecule has 0 aromatic carbocycles. The lowest BCUT2D eigenvalue weighted by Gasteiger charge is -1.96. The van der Waals surface area contributed by atoms with E-state index in [0.717, 1.165) is 6.42 Å². The second-order valence-electron chi connectivity index (χ2n) is 2.60. The Bertz CT molecular complexity index is 287. The molecule has 1 aromatic rings. The van der Waals surface area contributed by atoms with Crippen LogP contribution in [0.25, 0.3) is 5.57 Å². The van der Waals surface area contributed by atoms with Crippen molar-refractivity contribution >= 4 is 5.57 Å². The molecule has 1 aliphatic carbocycles. The summed E-state index contributed by atoms with van der Waals surface area (Å²) in [4.78, 5) is 4.27. The van der Waals surface area contributed by atoms with Crippen LogP contribution in [-0.2, 0) is 6.42 Å². The molecule has 0 fully saturated rings. The highest BCUT2D eigenvalue weighted by molar-refractivity contribution is 5.68. The Balaban J connectivity index is 2.61. The van der Waals surface area contributed by atoms with Gasteiger partial charge in [0.1, 0.15) is 0 Å². The van der Waals surface area contributed by atoms with Crippen LogP contribution in [-0.4, -0.2) is 4.98 Å². The van der Waals surface area contributed by atoms with Gasteiger partial charge in [0.25, 0.3) is 0 Å². The predicted octanol–water partition coefficient (Wildman–Crippen LogP) is 2.04. The van der Waals surface area contributed by atoms with Gasteiger partial charge in [-0.15, -0.1) is 0 Å². The standard InChI is InChI=1S/C9H9N/c1-7-4-5-8-3-2-6-10-9(7)8/h2-4,6H,5H2,1H3. The van der Waals surface area contributed by atoms with Gasteiger partial charge in [-0.1, -0.05) is 12.1 Å². The molecular formula is C9H9N. The van der Waals surface area contributed by atoms with Crippen molar-refractivity contribution in [1.82, 2.24) is 4.98 Å². The summed E-state index contributed by atoms with van der Waals surface area (Å²) in [5.41, 5.74) is 3.86. The van der Waals surface area contributed by atoms with E-state index in [1.807, 2.05) is 12.3 Å². The molecule has 0 spiro atoms.